The van der Waals surface area contributed by atoms with E-state index in [1.807, 2.05) is 0 Å². The Morgan fingerprint density at radius 1 is 1.27 bits per heavy atom. The first-order valence-electron chi connectivity index (χ1n) is 9.07. The zero-order chi connectivity index (χ0) is 21.7. The number of benzene rings is 1. The van der Waals surface area contributed by atoms with Gasteiger partial charge in [-0.15, -0.1) is 0 Å². The van der Waals surface area contributed by atoms with Crippen molar-refractivity contribution in [3.05, 3.63) is 58.6 Å². The molecule has 2 aromatic rings. The fourth-order valence-electron chi connectivity index (χ4n) is 2.96. The molecule has 0 bridgehead atoms. The second kappa shape index (κ2) is 9.29. The molecule has 1 aromatic heterocycles. The van der Waals surface area contributed by atoms with E-state index in [0.717, 1.165) is 4.57 Å². The molecule has 0 saturated carbocycles. The Labute approximate surface area is 170 Å². The Balaban J connectivity index is 1.64. The quantitative estimate of drug-likeness (QED) is 0.635. The SMILES string of the molecule is CC(=O)Nc1ccn([C@H]2C[C@H](OC(=O)NC(=O)c3ccccc3)[C@@H](CO)O2)c(=O)n1. The molecule has 0 radical (unpaired) electrons. The number of aliphatic hydroxyl groups excluding tert-OH is 1. The molecule has 0 spiro atoms. The highest BCUT2D eigenvalue weighted by molar-refractivity contribution is 6.02. The van der Waals surface area contributed by atoms with Crippen molar-refractivity contribution < 1.29 is 29.0 Å². The Hall–Kier alpha value is -3.57. The summed E-state index contributed by atoms with van der Waals surface area (Å²) in [6.07, 6.45) is -2.21. The van der Waals surface area contributed by atoms with Gasteiger partial charge in [0.25, 0.3) is 5.91 Å². The number of anilines is 1. The van der Waals surface area contributed by atoms with Crippen molar-refractivity contribution in [1.29, 1.82) is 0 Å². The van der Waals surface area contributed by atoms with E-state index in [9.17, 15) is 24.3 Å². The predicted octanol–water partition coefficient (Wildman–Crippen LogP) is 0.417. The van der Waals surface area contributed by atoms with E-state index in [0.29, 0.717) is 0 Å². The van der Waals surface area contributed by atoms with Gasteiger partial charge in [-0.25, -0.2) is 9.59 Å². The number of hydrogen-bond acceptors (Lipinski definition) is 8. The van der Waals surface area contributed by atoms with Gasteiger partial charge in [-0.1, -0.05) is 18.2 Å². The summed E-state index contributed by atoms with van der Waals surface area (Å²) >= 11 is 0. The minimum atomic E-state index is -0.997. The largest absolute Gasteiger partial charge is 0.443 e. The summed E-state index contributed by atoms with van der Waals surface area (Å²) in [7, 11) is 0. The topological polar surface area (TPSA) is 149 Å². The van der Waals surface area contributed by atoms with Gasteiger partial charge in [0.05, 0.1) is 6.61 Å². The first kappa shape index (κ1) is 21.1. The van der Waals surface area contributed by atoms with E-state index in [4.69, 9.17) is 9.47 Å². The lowest BCUT2D eigenvalue weighted by atomic mass is 10.2. The highest BCUT2D eigenvalue weighted by Crippen LogP contribution is 2.29. The molecule has 1 aromatic carbocycles. The Bertz CT molecular complexity index is 992. The number of nitrogens with zero attached hydrogens (tertiary/aromatic N) is 2. The van der Waals surface area contributed by atoms with Crippen molar-refractivity contribution in [1.82, 2.24) is 14.9 Å². The van der Waals surface area contributed by atoms with Crippen molar-refractivity contribution in [3.63, 3.8) is 0 Å². The zero-order valence-electron chi connectivity index (χ0n) is 16.0. The lowest BCUT2D eigenvalue weighted by Crippen LogP contribution is -2.37. The van der Waals surface area contributed by atoms with Gasteiger partial charge in [-0.3, -0.25) is 19.5 Å². The van der Waals surface area contributed by atoms with Crippen LogP contribution in [0.4, 0.5) is 10.6 Å². The smallest absolute Gasteiger partial charge is 0.414 e. The average Bonchev–Trinajstić information content (AvgIpc) is 3.10. The Morgan fingerprint density at radius 2 is 2.00 bits per heavy atom. The van der Waals surface area contributed by atoms with E-state index < -0.39 is 42.7 Å². The van der Waals surface area contributed by atoms with E-state index >= 15 is 0 Å². The van der Waals surface area contributed by atoms with Crippen LogP contribution in [0.25, 0.3) is 0 Å². The molecule has 1 aliphatic rings. The number of hydrogen-bond donors (Lipinski definition) is 3. The minimum Gasteiger partial charge on any atom is -0.443 e. The molecule has 1 fully saturated rings. The fraction of sp³-hybridized carbons (Fsp3) is 0.316. The third-order valence-corrected chi connectivity index (χ3v) is 4.31. The lowest BCUT2D eigenvalue weighted by molar-refractivity contribution is -0.114. The summed E-state index contributed by atoms with van der Waals surface area (Å²) in [6.45, 7) is 0.821. The molecule has 11 heteroatoms. The second-order valence-electron chi connectivity index (χ2n) is 6.50. The molecule has 11 nitrogen and oxygen atoms in total. The maximum atomic E-state index is 12.2. The number of carbonyl (C=O) groups is 3. The van der Waals surface area contributed by atoms with Crippen LogP contribution in [0.1, 0.15) is 29.9 Å². The molecule has 3 atom stereocenters. The van der Waals surface area contributed by atoms with E-state index in [-0.39, 0.29) is 23.7 Å². The number of amides is 3. The third-order valence-electron chi connectivity index (χ3n) is 4.31. The van der Waals surface area contributed by atoms with E-state index in [1.54, 1.807) is 18.2 Å². The first-order valence-corrected chi connectivity index (χ1v) is 9.07. The van der Waals surface area contributed by atoms with Crippen molar-refractivity contribution in [2.75, 3.05) is 11.9 Å². The maximum Gasteiger partial charge on any atom is 0.414 e. The Kier molecular flexibility index (Phi) is 6.54. The molecule has 1 saturated heterocycles. The van der Waals surface area contributed by atoms with Gasteiger partial charge in [-0.2, -0.15) is 4.98 Å². The van der Waals surface area contributed by atoms with Crippen LogP contribution in [-0.2, 0) is 14.3 Å². The number of aliphatic hydroxyl groups is 1. The molecule has 2 heterocycles. The van der Waals surface area contributed by atoms with Gasteiger partial charge in [0, 0.05) is 25.1 Å². The molecular formula is C19H20N4O7. The highest BCUT2D eigenvalue weighted by Gasteiger charge is 2.39. The van der Waals surface area contributed by atoms with Crippen LogP contribution >= 0.6 is 0 Å². The summed E-state index contributed by atoms with van der Waals surface area (Å²) in [5.41, 5.74) is -0.405. The van der Waals surface area contributed by atoms with Gasteiger partial charge in [0.15, 0.2) is 0 Å². The Morgan fingerprint density at radius 3 is 2.63 bits per heavy atom. The third kappa shape index (κ3) is 5.07. The first-order chi connectivity index (χ1) is 14.4. The zero-order valence-corrected chi connectivity index (χ0v) is 16.0. The maximum absolute atomic E-state index is 12.2. The molecule has 1 aliphatic heterocycles. The summed E-state index contributed by atoms with van der Waals surface area (Å²) in [6, 6.07) is 9.53. The van der Waals surface area contributed by atoms with Gasteiger partial charge < -0.3 is 19.9 Å². The highest BCUT2D eigenvalue weighted by atomic mass is 16.6. The van der Waals surface area contributed by atoms with Crippen molar-refractivity contribution >= 4 is 23.7 Å². The average molecular weight is 416 g/mol. The van der Waals surface area contributed by atoms with E-state index in [2.05, 4.69) is 15.6 Å². The normalized spacial score (nSPS) is 20.4. The van der Waals surface area contributed by atoms with Gasteiger partial charge in [0.2, 0.25) is 5.91 Å². The number of nitrogens with one attached hydrogen (secondary N) is 2. The lowest BCUT2D eigenvalue weighted by Gasteiger charge is -2.16. The van der Waals surface area contributed by atoms with Crippen molar-refractivity contribution in [2.45, 2.75) is 31.8 Å². The summed E-state index contributed by atoms with van der Waals surface area (Å²) in [4.78, 5) is 51.2. The fourth-order valence-corrected chi connectivity index (χ4v) is 2.96. The molecule has 158 valence electrons. The van der Waals surface area contributed by atoms with Crippen LogP contribution in [-0.4, -0.2) is 51.4 Å². The molecule has 0 aliphatic carbocycles. The summed E-state index contributed by atoms with van der Waals surface area (Å²) in [5.74, 6) is -0.917. The van der Waals surface area contributed by atoms with Crippen LogP contribution in [0, 0.1) is 0 Å². The van der Waals surface area contributed by atoms with Crippen LogP contribution in [0.3, 0.4) is 0 Å². The molecular weight excluding hydrogens is 396 g/mol. The summed E-state index contributed by atoms with van der Waals surface area (Å²) in [5, 5.41) is 14.0. The van der Waals surface area contributed by atoms with Crippen LogP contribution in [0.15, 0.2) is 47.4 Å². The predicted molar refractivity (Wildman–Crippen MR) is 103 cm³/mol. The summed E-state index contributed by atoms with van der Waals surface area (Å²) < 4.78 is 12.0. The number of imide groups is 1. The minimum absolute atomic E-state index is 0.0548. The number of carbonyl (C=O) groups excluding carboxylic acids is 3. The van der Waals surface area contributed by atoms with Crippen LogP contribution < -0.4 is 16.3 Å². The van der Waals surface area contributed by atoms with Crippen molar-refractivity contribution in [2.24, 2.45) is 0 Å². The van der Waals surface area contributed by atoms with Gasteiger partial charge >= 0.3 is 11.8 Å². The molecule has 0 unspecified atom stereocenters. The van der Waals surface area contributed by atoms with Gasteiger partial charge in [-0.05, 0) is 18.2 Å². The number of ether oxygens (including phenoxy) is 2. The van der Waals surface area contributed by atoms with E-state index in [1.165, 1.54) is 31.3 Å². The molecule has 3 rings (SSSR count). The van der Waals surface area contributed by atoms with Crippen LogP contribution in [0.5, 0.6) is 0 Å². The second-order valence-corrected chi connectivity index (χ2v) is 6.50. The monoisotopic (exact) mass is 416 g/mol. The molecule has 30 heavy (non-hydrogen) atoms. The molecule has 3 amide bonds. The molecule has 3 N–H and O–H groups in total. The number of alkyl carbamates (subject to hydrolysis) is 1. The number of rotatable bonds is 5. The van der Waals surface area contributed by atoms with Gasteiger partial charge in [0.1, 0.15) is 24.3 Å². The van der Waals surface area contributed by atoms with Crippen LogP contribution in [0.2, 0.25) is 0 Å². The standard InChI is InChI=1S/C19H20N4O7/c1-11(25)20-15-7-8-23(18(27)21-15)16-9-13(14(10-24)29-16)30-19(28)22-17(26)12-5-3-2-4-6-12/h2-8,13-14,16,24H,9-10H2,1H3,(H,22,26,28)(H,20,21,25,27)/t13-,14+,16+/m0/s1. The number of aromatic nitrogens is 2. The van der Waals surface area contributed by atoms with Crippen molar-refractivity contribution in [3.8, 4) is 0 Å².